The highest BCUT2D eigenvalue weighted by Crippen LogP contribution is 2.28. The normalized spacial score (nSPS) is 17.1. The van der Waals surface area contributed by atoms with Crippen molar-refractivity contribution in [2.75, 3.05) is 88.3 Å². The summed E-state index contributed by atoms with van der Waals surface area (Å²) >= 11 is 0. The third-order valence-electron chi connectivity index (χ3n) is 6.52. The highest BCUT2D eigenvalue weighted by atomic mass is 16.2. The van der Waals surface area contributed by atoms with E-state index < -0.39 is 0 Å². The first-order valence-corrected chi connectivity index (χ1v) is 12.5. The number of benzene rings is 1. The maximum Gasteiger partial charge on any atom is 0.234 e. The Morgan fingerprint density at radius 2 is 1.31 bits per heavy atom. The molecule has 0 spiro atoms. The first-order chi connectivity index (χ1) is 17.6. The van der Waals surface area contributed by atoms with Crippen LogP contribution in [0.3, 0.4) is 0 Å². The second kappa shape index (κ2) is 12.5. The van der Waals surface area contributed by atoms with Crippen LogP contribution < -0.4 is 20.4 Å². The highest BCUT2D eigenvalue weighted by Gasteiger charge is 2.25. The Balaban J connectivity index is 1.41. The zero-order chi connectivity index (χ0) is 25.3. The molecule has 0 saturated carbocycles. The Bertz CT molecular complexity index is 1070. The molecule has 2 aliphatic heterocycles. The fourth-order valence-corrected chi connectivity index (χ4v) is 4.54. The van der Waals surface area contributed by atoms with E-state index in [1.165, 1.54) is 0 Å². The van der Waals surface area contributed by atoms with E-state index in [0.717, 1.165) is 75.0 Å². The monoisotopic (exact) mass is 492 g/mol. The number of carbonyl (C=O) groups is 2. The van der Waals surface area contributed by atoms with Gasteiger partial charge in [0, 0.05) is 70.8 Å². The molecule has 10 nitrogen and oxygen atoms in total. The van der Waals surface area contributed by atoms with Gasteiger partial charge in [0.15, 0.2) is 0 Å². The first-order valence-electron chi connectivity index (χ1n) is 12.5. The van der Waals surface area contributed by atoms with E-state index in [1.54, 1.807) is 12.2 Å². The summed E-state index contributed by atoms with van der Waals surface area (Å²) in [6, 6.07) is 8.13. The molecule has 0 radical (unpaired) electrons. The Hall–Kier alpha value is -3.50. The van der Waals surface area contributed by atoms with Gasteiger partial charge in [0.2, 0.25) is 17.8 Å². The number of carbonyl (C=O) groups excluding carboxylic acids is 2. The summed E-state index contributed by atoms with van der Waals surface area (Å²) in [5, 5.41) is 6.72. The molecular weight excluding hydrogens is 456 g/mol. The third-order valence-corrected chi connectivity index (χ3v) is 6.52. The van der Waals surface area contributed by atoms with E-state index in [9.17, 15) is 9.59 Å². The first kappa shape index (κ1) is 25.6. The molecule has 0 unspecified atom stereocenters. The van der Waals surface area contributed by atoms with Gasteiger partial charge in [0.05, 0.1) is 18.6 Å². The lowest BCUT2D eigenvalue weighted by atomic mass is 10.2. The van der Waals surface area contributed by atoms with Crippen molar-refractivity contribution in [3.63, 3.8) is 0 Å². The molecule has 192 valence electrons. The number of para-hydroxylation sites is 1. The quantitative estimate of drug-likeness (QED) is 0.463. The molecule has 2 amide bonds. The SMILES string of the molecule is C=CCNC(=O)CN1CCN(c2nc(N3CCN(CC(=O)NCC=C)CC3)c3ccccc3n2)CC1. The fraction of sp³-hybridized carbons (Fsp3) is 0.462. The molecule has 3 heterocycles. The van der Waals surface area contributed by atoms with Gasteiger partial charge in [-0.25, -0.2) is 4.98 Å². The standard InChI is InChI=1S/C26H36N8O2/c1-3-9-27-23(35)19-31-11-15-33(16-12-31)25-21-7-5-6-8-22(21)29-26(30-25)34-17-13-32(14-18-34)20-24(36)28-10-4-2/h3-8H,1-2,9-20H2,(H,27,35)(H,28,36). The van der Waals surface area contributed by atoms with Crippen molar-refractivity contribution in [2.24, 2.45) is 0 Å². The number of hydrogen-bond donors (Lipinski definition) is 2. The van der Waals surface area contributed by atoms with Crippen LogP contribution in [0.5, 0.6) is 0 Å². The molecule has 2 saturated heterocycles. The molecular formula is C26H36N8O2. The van der Waals surface area contributed by atoms with Crippen LogP contribution in [-0.4, -0.2) is 110 Å². The minimum Gasteiger partial charge on any atom is -0.353 e. The maximum atomic E-state index is 12.1. The lowest BCUT2D eigenvalue weighted by Gasteiger charge is -2.37. The van der Waals surface area contributed by atoms with Crippen molar-refractivity contribution in [3.05, 3.63) is 49.6 Å². The summed E-state index contributed by atoms with van der Waals surface area (Å²) < 4.78 is 0. The number of anilines is 2. The Morgan fingerprint density at radius 3 is 1.86 bits per heavy atom. The third kappa shape index (κ3) is 6.58. The number of nitrogens with zero attached hydrogens (tertiary/aromatic N) is 6. The zero-order valence-electron chi connectivity index (χ0n) is 20.9. The summed E-state index contributed by atoms with van der Waals surface area (Å²) in [7, 11) is 0. The second-order valence-corrected chi connectivity index (χ2v) is 9.08. The van der Waals surface area contributed by atoms with Gasteiger partial charge in [0.1, 0.15) is 5.82 Å². The largest absolute Gasteiger partial charge is 0.353 e. The molecule has 2 N–H and O–H groups in total. The van der Waals surface area contributed by atoms with Gasteiger partial charge in [-0.15, -0.1) is 13.2 Å². The Kier molecular flexibility index (Phi) is 8.85. The van der Waals surface area contributed by atoms with Gasteiger partial charge in [-0.2, -0.15) is 4.98 Å². The van der Waals surface area contributed by atoms with Crippen LogP contribution in [0.15, 0.2) is 49.6 Å². The number of hydrogen-bond acceptors (Lipinski definition) is 8. The number of piperazine rings is 2. The number of rotatable bonds is 10. The number of amides is 2. The average Bonchev–Trinajstić information content (AvgIpc) is 2.91. The number of aromatic nitrogens is 2. The zero-order valence-corrected chi connectivity index (χ0v) is 20.9. The van der Waals surface area contributed by atoms with Crippen molar-refractivity contribution >= 4 is 34.5 Å². The van der Waals surface area contributed by atoms with Crippen molar-refractivity contribution in [3.8, 4) is 0 Å². The van der Waals surface area contributed by atoms with Crippen molar-refractivity contribution in [1.29, 1.82) is 0 Å². The molecule has 4 rings (SSSR count). The smallest absolute Gasteiger partial charge is 0.234 e. The molecule has 1 aromatic carbocycles. The molecule has 10 heteroatoms. The highest BCUT2D eigenvalue weighted by molar-refractivity contribution is 5.90. The van der Waals surface area contributed by atoms with Crippen LogP contribution in [0.1, 0.15) is 0 Å². The van der Waals surface area contributed by atoms with E-state index >= 15 is 0 Å². The molecule has 0 bridgehead atoms. The van der Waals surface area contributed by atoms with Crippen LogP contribution in [0, 0.1) is 0 Å². The molecule has 2 fully saturated rings. The van der Waals surface area contributed by atoms with E-state index in [-0.39, 0.29) is 11.8 Å². The van der Waals surface area contributed by atoms with Gasteiger partial charge < -0.3 is 20.4 Å². The van der Waals surface area contributed by atoms with Crippen molar-refractivity contribution in [2.45, 2.75) is 0 Å². The topological polar surface area (TPSA) is 96.9 Å². The van der Waals surface area contributed by atoms with Gasteiger partial charge in [-0.05, 0) is 12.1 Å². The van der Waals surface area contributed by atoms with Crippen molar-refractivity contribution in [1.82, 2.24) is 30.4 Å². The van der Waals surface area contributed by atoms with Crippen LogP contribution >= 0.6 is 0 Å². The molecule has 36 heavy (non-hydrogen) atoms. The molecule has 2 aromatic rings. The predicted molar refractivity (Wildman–Crippen MR) is 143 cm³/mol. The number of fused-ring (bicyclic) bond motifs is 1. The van der Waals surface area contributed by atoms with Crippen molar-refractivity contribution < 1.29 is 9.59 Å². The van der Waals surface area contributed by atoms with Gasteiger partial charge in [0.25, 0.3) is 0 Å². The lowest BCUT2D eigenvalue weighted by molar-refractivity contribution is -0.122. The summed E-state index contributed by atoms with van der Waals surface area (Å²) in [6.45, 7) is 15.3. The maximum absolute atomic E-state index is 12.1. The summed E-state index contributed by atoms with van der Waals surface area (Å²) in [4.78, 5) is 42.8. The Labute approximate surface area is 212 Å². The van der Waals surface area contributed by atoms with E-state index in [1.807, 2.05) is 18.2 Å². The van der Waals surface area contributed by atoms with Crippen LogP contribution in [0.2, 0.25) is 0 Å². The molecule has 2 aliphatic rings. The van der Waals surface area contributed by atoms with E-state index in [2.05, 4.69) is 49.5 Å². The molecule has 0 atom stereocenters. The van der Waals surface area contributed by atoms with Crippen LogP contribution in [-0.2, 0) is 9.59 Å². The average molecular weight is 493 g/mol. The molecule has 0 aliphatic carbocycles. The summed E-state index contributed by atoms with van der Waals surface area (Å²) in [5.41, 5.74) is 0.926. The summed E-state index contributed by atoms with van der Waals surface area (Å²) in [6.07, 6.45) is 3.38. The van der Waals surface area contributed by atoms with Gasteiger partial charge >= 0.3 is 0 Å². The van der Waals surface area contributed by atoms with Gasteiger partial charge in [-0.3, -0.25) is 19.4 Å². The van der Waals surface area contributed by atoms with E-state index in [4.69, 9.17) is 9.97 Å². The van der Waals surface area contributed by atoms with E-state index in [0.29, 0.717) is 26.2 Å². The van der Waals surface area contributed by atoms with Crippen LogP contribution in [0.25, 0.3) is 10.9 Å². The minimum absolute atomic E-state index is 0.0184. The number of nitrogens with one attached hydrogen (secondary N) is 2. The summed E-state index contributed by atoms with van der Waals surface area (Å²) in [5.74, 6) is 1.71. The fourth-order valence-electron chi connectivity index (χ4n) is 4.54. The Morgan fingerprint density at radius 1 is 0.778 bits per heavy atom. The van der Waals surface area contributed by atoms with Crippen LogP contribution in [0.4, 0.5) is 11.8 Å². The van der Waals surface area contributed by atoms with Gasteiger partial charge in [-0.1, -0.05) is 24.3 Å². The lowest BCUT2D eigenvalue weighted by Crippen LogP contribution is -2.50. The molecule has 1 aromatic heterocycles. The minimum atomic E-state index is 0.0184. The second-order valence-electron chi connectivity index (χ2n) is 9.08. The predicted octanol–water partition coefficient (Wildman–Crippen LogP) is 0.478.